The van der Waals surface area contributed by atoms with Crippen LogP contribution < -0.4 is 9.84 Å². The number of phosphoric acid groups is 1. The molecule has 0 bridgehead atoms. The molecular formula is C21H29ClNO4P. The van der Waals surface area contributed by atoms with Gasteiger partial charge in [0.05, 0.1) is 0 Å². The number of benzene rings is 2. The van der Waals surface area contributed by atoms with Gasteiger partial charge in [-0.2, -0.15) is 0 Å². The van der Waals surface area contributed by atoms with Crippen LogP contribution in [-0.2, 0) is 9.98 Å². The number of hydrogen-bond donors (Lipinski definition) is 3. The molecule has 0 saturated carbocycles. The number of alkyl halides is 1. The molecule has 2 aromatic rings. The predicted octanol–water partition coefficient (Wildman–Crippen LogP) is 5.67. The first-order valence-corrected chi connectivity index (χ1v) is 11.4. The molecule has 2 atom stereocenters. The van der Waals surface area contributed by atoms with Crippen LogP contribution in [0, 0.1) is 10.8 Å². The molecule has 0 saturated heterocycles. The summed E-state index contributed by atoms with van der Waals surface area (Å²) < 4.78 is 16.6. The van der Waals surface area contributed by atoms with E-state index in [1.807, 2.05) is 24.3 Å². The first kappa shape index (κ1) is 21.4. The van der Waals surface area contributed by atoms with Gasteiger partial charge in [0.1, 0.15) is 5.75 Å². The SMILES string of the molecule is CC(C)(C)C1Nc2cc(OP(=O)(O)O)c3ccccc3c2[C@@]1(CCl)C(C)(C)C. The summed E-state index contributed by atoms with van der Waals surface area (Å²) in [5.41, 5.74) is 1.25. The number of fused-ring (bicyclic) bond motifs is 3. The topological polar surface area (TPSA) is 78.8 Å². The Morgan fingerprint density at radius 3 is 2.18 bits per heavy atom. The largest absolute Gasteiger partial charge is 0.524 e. The van der Waals surface area contributed by atoms with Crippen molar-refractivity contribution in [3.63, 3.8) is 0 Å². The van der Waals surface area contributed by atoms with Crippen molar-refractivity contribution in [3.8, 4) is 5.75 Å². The van der Waals surface area contributed by atoms with E-state index in [2.05, 4.69) is 46.9 Å². The Bertz CT molecular complexity index is 957. The maximum Gasteiger partial charge on any atom is 0.524 e. The summed E-state index contributed by atoms with van der Waals surface area (Å²) in [7, 11) is -4.69. The van der Waals surface area contributed by atoms with E-state index < -0.39 is 7.82 Å². The summed E-state index contributed by atoms with van der Waals surface area (Å²) in [6.45, 7) is 13.1. The lowest BCUT2D eigenvalue weighted by molar-refractivity contribution is 0.128. The van der Waals surface area contributed by atoms with E-state index in [1.54, 1.807) is 6.07 Å². The minimum atomic E-state index is -4.69. The second-order valence-electron chi connectivity index (χ2n) is 9.72. The summed E-state index contributed by atoms with van der Waals surface area (Å²) in [5.74, 6) is 0.586. The number of hydrogen-bond acceptors (Lipinski definition) is 3. The second kappa shape index (κ2) is 6.63. The Balaban J connectivity index is 2.42. The van der Waals surface area contributed by atoms with Gasteiger partial charge in [0.25, 0.3) is 0 Å². The van der Waals surface area contributed by atoms with Gasteiger partial charge in [0.2, 0.25) is 0 Å². The first-order chi connectivity index (χ1) is 12.7. The van der Waals surface area contributed by atoms with Crippen molar-refractivity contribution in [1.29, 1.82) is 0 Å². The first-order valence-electron chi connectivity index (χ1n) is 9.36. The van der Waals surface area contributed by atoms with Crippen molar-refractivity contribution < 1.29 is 18.9 Å². The average Bonchev–Trinajstić information content (AvgIpc) is 2.89. The van der Waals surface area contributed by atoms with Crippen LogP contribution in [0.1, 0.15) is 47.1 Å². The third-order valence-electron chi connectivity index (χ3n) is 5.88. The standard InChI is InChI=1S/C21H29ClNO4P/c1-19(2,3)18-21(12-22,20(4,5)6)17-14-10-8-7-9-13(14)16(11-15(17)23-18)27-28(24,25)26/h7-11,18,23H,12H2,1-6H3,(H2,24,25,26)/t18?,21-/m1/s1. The summed E-state index contributed by atoms with van der Waals surface area (Å²) in [5, 5.41) is 5.19. The summed E-state index contributed by atoms with van der Waals surface area (Å²) in [6, 6.07) is 9.30. The highest BCUT2D eigenvalue weighted by molar-refractivity contribution is 7.46. The molecule has 0 fully saturated rings. The van der Waals surface area contributed by atoms with Crippen molar-refractivity contribution in [2.24, 2.45) is 10.8 Å². The molecule has 0 radical (unpaired) electrons. The fraction of sp³-hybridized carbons (Fsp3) is 0.524. The zero-order chi connectivity index (χ0) is 21.1. The monoisotopic (exact) mass is 425 g/mol. The van der Waals surface area contributed by atoms with Gasteiger partial charge in [-0.1, -0.05) is 65.8 Å². The number of halogens is 1. The normalized spacial score (nSPS) is 22.8. The highest BCUT2D eigenvalue weighted by Gasteiger charge is 2.58. The molecule has 5 nitrogen and oxygen atoms in total. The van der Waals surface area contributed by atoms with Crippen LogP contribution in [0.5, 0.6) is 5.75 Å². The summed E-state index contributed by atoms with van der Waals surface area (Å²) in [4.78, 5) is 18.8. The van der Waals surface area contributed by atoms with Gasteiger partial charge in [-0.25, -0.2) is 4.57 Å². The van der Waals surface area contributed by atoms with Gasteiger partial charge in [-0.05, 0) is 21.8 Å². The Labute approximate surface area is 171 Å². The van der Waals surface area contributed by atoms with Crippen molar-refractivity contribution in [2.75, 3.05) is 11.2 Å². The Hall–Kier alpha value is -1.26. The van der Waals surface area contributed by atoms with E-state index in [1.165, 1.54) is 0 Å². The highest BCUT2D eigenvalue weighted by atomic mass is 35.5. The molecule has 1 unspecified atom stereocenters. The van der Waals surface area contributed by atoms with Crippen molar-refractivity contribution in [2.45, 2.75) is 53.0 Å². The van der Waals surface area contributed by atoms with Crippen LogP contribution in [0.15, 0.2) is 30.3 Å². The van der Waals surface area contributed by atoms with Gasteiger partial charge in [0, 0.05) is 34.5 Å². The molecule has 3 N–H and O–H groups in total. The van der Waals surface area contributed by atoms with Gasteiger partial charge < -0.3 is 9.84 Å². The minimum Gasteiger partial charge on any atom is -0.404 e. The number of rotatable bonds is 3. The minimum absolute atomic E-state index is 0.0289. The third-order valence-corrected chi connectivity index (χ3v) is 6.73. The van der Waals surface area contributed by atoms with Crippen LogP contribution in [0.3, 0.4) is 0 Å². The van der Waals surface area contributed by atoms with Crippen LogP contribution in [0.25, 0.3) is 10.8 Å². The van der Waals surface area contributed by atoms with Crippen LogP contribution in [0.2, 0.25) is 0 Å². The molecule has 154 valence electrons. The Morgan fingerprint density at radius 1 is 1.14 bits per heavy atom. The molecule has 1 aliphatic rings. The second-order valence-corrected chi connectivity index (χ2v) is 11.2. The predicted molar refractivity (Wildman–Crippen MR) is 115 cm³/mol. The maximum atomic E-state index is 11.5. The van der Waals surface area contributed by atoms with Crippen LogP contribution in [0.4, 0.5) is 5.69 Å². The number of anilines is 1. The quantitative estimate of drug-likeness (QED) is 0.436. The summed E-state index contributed by atoms with van der Waals surface area (Å²) >= 11 is 6.73. The fourth-order valence-electron chi connectivity index (χ4n) is 4.67. The smallest absolute Gasteiger partial charge is 0.404 e. The maximum absolute atomic E-state index is 11.5. The zero-order valence-corrected chi connectivity index (χ0v) is 18.9. The highest BCUT2D eigenvalue weighted by Crippen LogP contribution is 2.59. The average molecular weight is 426 g/mol. The van der Waals surface area contributed by atoms with E-state index in [0.717, 1.165) is 16.6 Å². The lowest BCUT2D eigenvalue weighted by Crippen LogP contribution is -2.55. The van der Waals surface area contributed by atoms with Crippen molar-refractivity contribution >= 4 is 35.9 Å². The van der Waals surface area contributed by atoms with E-state index in [9.17, 15) is 14.4 Å². The molecule has 1 aliphatic heterocycles. The van der Waals surface area contributed by atoms with Crippen LogP contribution in [-0.4, -0.2) is 21.7 Å². The molecule has 7 heteroatoms. The summed E-state index contributed by atoms with van der Waals surface area (Å²) in [6.07, 6.45) is 0. The molecule has 0 aromatic heterocycles. The zero-order valence-electron chi connectivity index (χ0n) is 17.2. The van der Waals surface area contributed by atoms with E-state index in [4.69, 9.17) is 16.1 Å². The molecule has 28 heavy (non-hydrogen) atoms. The van der Waals surface area contributed by atoms with Crippen LogP contribution >= 0.6 is 19.4 Å². The van der Waals surface area contributed by atoms with Gasteiger partial charge in [0.15, 0.2) is 0 Å². The van der Waals surface area contributed by atoms with Crippen molar-refractivity contribution in [3.05, 3.63) is 35.9 Å². The Morgan fingerprint density at radius 2 is 1.71 bits per heavy atom. The van der Waals surface area contributed by atoms with E-state index in [-0.39, 0.29) is 28.0 Å². The van der Waals surface area contributed by atoms with Crippen molar-refractivity contribution in [1.82, 2.24) is 0 Å². The lowest BCUT2D eigenvalue weighted by Gasteiger charge is -2.50. The molecule has 1 heterocycles. The Kier molecular flexibility index (Phi) is 5.08. The van der Waals surface area contributed by atoms with E-state index in [0.29, 0.717) is 11.3 Å². The van der Waals surface area contributed by atoms with Gasteiger partial charge in [-0.3, -0.25) is 9.79 Å². The molecule has 0 amide bonds. The van der Waals surface area contributed by atoms with Gasteiger partial charge >= 0.3 is 7.82 Å². The molecule has 2 aromatic carbocycles. The fourth-order valence-corrected chi connectivity index (χ4v) is 5.77. The number of nitrogens with one attached hydrogen (secondary N) is 1. The lowest BCUT2D eigenvalue weighted by atomic mass is 9.56. The van der Waals surface area contributed by atoms with E-state index >= 15 is 0 Å². The number of phosphoric ester groups is 1. The molecule has 3 rings (SSSR count). The van der Waals surface area contributed by atoms with Gasteiger partial charge in [-0.15, -0.1) is 11.6 Å². The molecule has 0 spiro atoms. The third kappa shape index (κ3) is 3.33. The molecular weight excluding hydrogens is 397 g/mol. The molecule has 0 aliphatic carbocycles.